The van der Waals surface area contributed by atoms with Crippen LogP contribution in [0.15, 0.2) is 146 Å². The minimum atomic E-state index is -4.94. The normalized spacial score (nSPS) is 15.3. The molecule has 0 bridgehead atoms. The van der Waals surface area contributed by atoms with Crippen molar-refractivity contribution >= 4 is 33.6 Å². The smallest absolute Gasteiger partial charge is 0.463 e. The average Bonchev–Trinajstić information content (AvgIpc) is 3.48. The second-order valence-corrected chi connectivity index (χ2v) is 23.0. The van der Waals surface area contributed by atoms with E-state index < -0.39 is 91.5 Å². The van der Waals surface area contributed by atoms with E-state index in [0.29, 0.717) is 25.7 Å². The molecule has 18 heteroatoms. The molecule has 0 rings (SSSR count). The van der Waals surface area contributed by atoms with Crippen molar-refractivity contribution in [3.8, 4) is 0 Å². The van der Waals surface area contributed by atoms with Crippen LogP contribution in [-0.4, -0.2) is 95.9 Å². The molecule has 0 saturated carbocycles. The van der Waals surface area contributed by atoms with Crippen molar-refractivity contribution in [2.75, 3.05) is 39.6 Å². The monoisotopic (exact) mass is 1230 g/mol. The largest absolute Gasteiger partial charge is 0.472 e. The highest BCUT2D eigenvalue weighted by Gasteiger charge is 2.29. The summed E-state index contributed by atoms with van der Waals surface area (Å²) in [6.45, 7) is 2.16. The van der Waals surface area contributed by atoms with E-state index in [1.165, 1.54) is 0 Å². The molecule has 85 heavy (non-hydrogen) atoms. The van der Waals surface area contributed by atoms with Crippen molar-refractivity contribution < 1.29 is 75.8 Å². The SMILES string of the molecule is CC/C=C\C/C=C\C/C=C\C/C=C\C/C=C\CCCC(=O)OCC(O)COP(=O)(O)OCC(O)COP(=O)(O)OCC(COC(=O)CCCCCC/C=C\C/C=C\C/C=C\C/C=C\CC)OC(=O)CCCCCCC/C=C\C/C=C\C/C=C\CC. The number of unbranched alkanes of at least 4 members (excludes halogenated alkanes) is 10. The number of carbonyl (C=O) groups excluding carboxylic acids is 3. The van der Waals surface area contributed by atoms with Crippen LogP contribution in [-0.2, 0) is 55.8 Å². The Morgan fingerprint density at radius 3 is 0.976 bits per heavy atom. The molecular formula is C67H108O16P2. The predicted octanol–water partition coefficient (Wildman–Crippen LogP) is 16.6. The average molecular weight is 1230 g/mol. The van der Waals surface area contributed by atoms with Gasteiger partial charge in [-0.05, 0) is 128 Å². The first-order valence-electron chi connectivity index (χ1n) is 31.1. The number of rotatable bonds is 57. The molecule has 0 aliphatic rings. The van der Waals surface area contributed by atoms with Gasteiger partial charge in [-0.1, -0.05) is 199 Å². The van der Waals surface area contributed by atoms with Crippen LogP contribution in [0.1, 0.15) is 201 Å². The Morgan fingerprint density at radius 2 is 0.600 bits per heavy atom. The number of aliphatic hydroxyl groups excluding tert-OH is 2. The van der Waals surface area contributed by atoms with Gasteiger partial charge >= 0.3 is 33.6 Å². The van der Waals surface area contributed by atoms with Gasteiger partial charge in [-0.3, -0.25) is 32.5 Å². The zero-order valence-corrected chi connectivity index (χ0v) is 53.5. The van der Waals surface area contributed by atoms with Crippen molar-refractivity contribution in [3.63, 3.8) is 0 Å². The van der Waals surface area contributed by atoms with Crippen LogP contribution < -0.4 is 0 Å². The van der Waals surface area contributed by atoms with Gasteiger partial charge in [0.25, 0.3) is 0 Å². The Morgan fingerprint density at radius 1 is 0.329 bits per heavy atom. The molecule has 0 aliphatic heterocycles. The summed E-state index contributed by atoms with van der Waals surface area (Å²) in [5, 5.41) is 20.5. The molecule has 0 saturated heterocycles. The number of phosphoric ester groups is 2. The van der Waals surface area contributed by atoms with E-state index in [0.717, 1.165) is 135 Å². The number of hydrogen-bond acceptors (Lipinski definition) is 14. The second-order valence-electron chi connectivity index (χ2n) is 20.1. The lowest BCUT2D eigenvalue weighted by Gasteiger charge is -2.21. The zero-order chi connectivity index (χ0) is 62.4. The first kappa shape index (κ1) is 80.4. The number of esters is 3. The lowest BCUT2D eigenvalue weighted by atomic mass is 10.1. The lowest BCUT2D eigenvalue weighted by Crippen LogP contribution is -2.30. The van der Waals surface area contributed by atoms with Crippen LogP contribution in [0.4, 0.5) is 0 Å². The highest BCUT2D eigenvalue weighted by Crippen LogP contribution is 2.45. The van der Waals surface area contributed by atoms with Gasteiger partial charge in [-0.25, -0.2) is 9.13 Å². The number of allylic oxidation sites excluding steroid dienone is 24. The summed E-state index contributed by atoms with van der Waals surface area (Å²) in [7, 11) is -9.81. The van der Waals surface area contributed by atoms with Crippen LogP contribution >= 0.6 is 15.6 Å². The fraction of sp³-hybridized carbons (Fsp3) is 0.597. The molecule has 482 valence electrons. The van der Waals surface area contributed by atoms with Crippen LogP contribution in [0, 0.1) is 0 Å². The van der Waals surface area contributed by atoms with E-state index in [-0.39, 0.29) is 19.3 Å². The van der Waals surface area contributed by atoms with Crippen LogP contribution in [0.2, 0.25) is 0 Å². The topological polar surface area (TPSA) is 231 Å². The van der Waals surface area contributed by atoms with Crippen LogP contribution in [0.3, 0.4) is 0 Å². The van der Waals surface area contributed by atoms with Crippen molar-refractivity contribution in [1.82, 2.24) is 0 Å². The maximum absolute atomic E-state index is 12.9. The molecule has 0 aromatic carbocycles. The first-order chi connectivity index (χ1) is 41.2. The third kappa shape index (κ3) is 60.9. The maximum atomic E-state index is 12.9. The first-order valence-corrected chi connectivity index (χ1v) is 34.1. The standard InChI is InChI=1S/C67H108O16P2/c1-4-7-10-13-16-19-22-25-28-30-33-35-38-41-44-47-50-53-65(70)77-56-62(68)57-79-84(73,74)80-58-63(69)59-81-85(75,76)82-61-64(83-67(72)55-52-49-46-43-40-37-32-27-24-21-18-15-12-9-6-3)60-78-66(71)54-51-48-45-42-39-36-34-31-29-26-23-20-17-14-11-8-5-2/h7-12,16-21,25-29,32-36,41,44,62-64,68-69H,4-6,13-15,22-24,30-31,37-40,42-43,45-61H2,1-3H3,(H,73,74)(H,75,76)/b10-7-,11-8-,12-9-,19-16-,20-17-,21-18-,28-25-,29-26-,32-27-,35-33-,36-34-,44-41-. The molecule has 16 nitrogen and oxygen atoms in total. The molecule has 4 N–H and O–H groups in total. The summed E-state index contributed by atoms with van der Waals surface area (Å²) >= 11 is 0. The van der Waals surface area contributed by atoms with E-state index >= 15 is 0 Å². The number of phosphoric acid groups is 2. The summed E-state index contributed by atoms with van der Waals surface area (Å²) in [4.78, 5) is 58.2. The van der Waals surface area contributed by atoms with Gasteiger partial charge in [0.1, 0.15) is 25.4 Å². The third-order valence-corrected chi connectivity index (χ3v) is 13.9. The summed E-state index contributed by atoms with van der Waals surface area (Å²) in [6, 6.07) is 0. The van der Waals surface area contributed by atoms with Gasteiger partial charge in [0.2, 0.25) is 0 Å². The molecule has 0 spiro atoms. The van der Waals surface area contributed by atoms with Gasteiger partial charge in [0.15, 0.2) is 6.10 Å². The number of hydrogen-bond donors (Lipinski definition) is 4. The van der Waals surface area contributed by atoms with Gasteiger partial charge in [-0.15, -0.1) is 0 Å². The highest BCUT2D eigenvalue weighted by atomic mass is 31.2. The Hall–Kier alpha value is -4.57. The molecule has 0 fully saturated rings. The second kappa shape index (κ2) is 59.7. The zero-order valence-electron chi connectivity index (χ0n) is 51.7. The van der Waals surface area contributed by atoms with Crippen LogP contribution in [0.25, 0.3) is 0 Å². The van der Waals surface area contributed by atoms with Gasteiger partial charge < -0.3 is 34.2 Å². The Bertz CT molecular complexity index is 2130. The lowest BCUT2D eigenvalue weighted by molar-refractivity contribution is -0.161. The summed E-state index contributed by atoms with van der Waals surface area (Å²) in [5.41, 5.74) is 0. The van der Waals surface area contributed by atoms with Crippen LogP contribution in [0.5, 0.6) is 0 Å². The third-order valence-electron chi connectivity index (χ3n) is 12.0. The Kier molecular flexibility index (Phi) is 56.5. The number of ether oxygens (including phenoxy) is 3. The summed E-state index contributed by atoms with van der Waals surface area (Å²) in [5.74, 6) is -1.69. The minimum absolute atomic E-state index is 0.0723. The van der Waals surface area contributed by atoms with Crippen molar-refractivity contribution in [1.29, 1.82) is 0 Å². The predicted molar refractivity (Wildman–Crippen MR) is 343 cm³/mol. The maximum Gasteiger partial charge on any atom is 0.472 e. The molecule has 0 heterocycles. The molecule has 0 aromatic heterocycles. The summed E-state index contributed by atoms with van der Waals surface area (Å²) in [6.07, 6.45) is 69.2. The van der Waals surface area contributed by atoms with Gasteiger partial charge in [0.05, 0.1) is 26.4 Å². The van der Waals surface area contributed by atoms with E-state index in [1.807, 2.05) is 12.2 Å². The minimum Gasteiger partial charge on any atom is -0.463 e. The van der Waals surface area contributed by atoms with Gasteiger partial charge in [-0.2, -0.15) is 0 Å². The quantitative estimate of drug-likeness (QED) is 0.0146. The van der Waals surface area contributed by atoms with E-state index in [4.69, 9.17) is 32.3 Å². The number of aliphatic hydroxyl groups is 2. The molecule has 0 radical (unpaired) electrons. The van der Waals surface area contributed by atoms with Crippen molar-refractivity contribution in [2.45, 2.75) is 219 Å². The molecule has 0 aliphatic carbocycles. The van der Waals surface area contributed by atoms with E-state index in [9.17, 15) is 43.5 Å². The Balaban J connectivity index is 4.82. The van der Waals surface area contributed by atoms with E-state index in [2.05, 4.69) is 154 Å². The molecular weight excluding hydrogens is 1120 g/mol. The van der Waals surface area contributed by atoms with Gasteiger partial charge in [0, 0.05) is 19.3 Å². The van der Waals surface area contributed by atoms with Crippen molar-refractivity contribution in [2.24, 2.45) is 0 Å². The molecule has 0 aromatic rings. The highest BCUT2D eigenvalue weighted by molar-refractivity contribution is 7.47. The van der Waals surface area contributed by atoms with Crippen molar-refractivity contribution in [3.05, 3.63) is 146 Å². The molecule has 5 atom stereocenters. The molecule has 0 amide bonds. The molecule has 5 unspecified atom stereocenters. The summed E-state index contributed by atoms with van der Waals surface area (Å²) < 4.78 is 60.6. The fourth-order valence-corrected chi connectivity index (χ4v) is 8.96. The number of carbonyl (C=O) groups is 3. The van der Waals surface area contributed by atoms with E-state index in [1.54, 1.807) is 0 Å². The fourth-order valence-electron chi connectivity index (χ4n) is 7.37. The Labute approximate surface area is 511 Å².